The van der Waals surface area contributed by atoms with Crippen LogP contribution in [0.4, 0.5) is 0 Å². The maximum atomic E-state index is 11.7. The molecule has 0 heterocycles. The highest BCUT2D eigenvalue weighted by Gasteiger charge is 2.06. The highest BCUT2D eigenvalue weighted by atomic mass is 16.5. The summed E-state index contributed by atoms with van der Waals surface area (Å²) in [4.78, 5) is 11.7. The summed E-state index contributed by atoms with van der Waals surface area (Å²) in [6.45, 7) is 5.09. The van der Waals surface area contributed by atoms with Gasteiger partial charge in [-0.1, -0.05) is 26.3 Å². The van der Waals surface area contributed by atoms with E-state index < -0.39 is 0 Å². The molecule has 0 spiro atoms. The first-order valence-electron chi connectivity index (χ1n) is 6.29. The number of rotatable bonds is 7. The normalized spacial score (nSPS) is 11.9. The number of aliphatic hydroxyl groups is 1. The van der Waals surface area contributed by atoms with Crippen LogP contribution in [0.25, 0.3) is 0 Å². The molecule has 1 unspecified atom stereocenters. The first-order valence-corrected chi connectivity index (χ1v) is 6.29. The van der Waals surface area contributed by atoms with Crippen LogP contribution in [0.3, 0.4) is 0 Å². The molecule has 100 valence electrons. The van der Waals surface area contributed by atoms with Crippen LogP contribution in [-0.2, 0) is 0 Å². The fourth-order valence-corrected chi connectivity index (χ4v) is 1.35. The Morgan fingerprint density at radius 3 is 2.94 bits per heavy atom. The second kappa shape index (κ2) is 7.71. The zero-order chi connectivity index (χ0) is 13.4. The van der Waals surface area contributed by atoms with Crippen molar-refractivity contribution in [3.63, 3.8) is 0 Å². The molecule has 1 atom stereocenters. The molecule has 2 N–H and O–H groups in total. The van der Waals surface area contributed by atoms with Crippen molar-refractivity contribution >= 4 is 5.91 Å². The van der Waals surface area contributed by atoms with Crippen molar-refractivity contribution in [2.24, 2.45) is 5.92 Å². The van der Waals surface area contributed by atoms with Gasteiger partial charge in [-0.15, -0.1) is 0 Å². The minimum Gasteiger partial charge on any atom is -0.493 e. The highest BCUT2D eigenvalue weighted by molar-refractivity contribution is 5.94. The van der Waals surface area contributed by atoms with Crippen molar-refractivity contribution < 1.29 is 14.6 Å². The van der Waals surface area contributed by atoms with E-state index >= 15 is 0 Å². The summed E-state index contributed by atoms with van der Waals surface area (Å²) in [5, 5.41) is 11.3. The van der Waals surface area contributed by atoms with E-state index in [1.54, 1.807) is 18.2 Å². The van der Waals surface area contributed by atoms with Gasteiger partial charge in [0.2, 0.25) is 0 Å². The van der Waals surface area contributed by atoms with Crippen LogP contribution in [0.5, 0.6) is 5.75 Å². The van der Waals surface area contributed by atoms with Crippen LogP contribution >= 0.6 is 0 Å². The first kappa shape index (κ1) is 14.5. The molecule has 1 aromatic carbocycles. The van der Waals surface area contributed by atoms with E-state index in [1.807, 2.05) is 6.07 Å². The lowest BCUT2D eigenvalue weighted by atomic mass is 10.1. The predicted molar refractivity (Wildman–Crippen MR) is 70.8 cm³/mol. The third-order valence-corrected chi connectivity index (χ3v) is 2.73. The van der Waals surface area contributed by atoms with Crippen LogP contribution < -0.4 is 10.1 Å². The third-order valence-electron chi connectivity index (χ3n) is 2.73. The SMILES string of the molecule is CCC(C)COc1cccc(C(=O)NCCO)c1. The molecule has 0 bridgehead atoms. The number of hydrogen-bond acceptors (Lipinski definition) is 3. The minimum atomic E-state index is -0.196. The molecule has 0 aliphatic carbocycles. The topological polar surface area (TPSA) is 58.6 Å². The number of amides is 1. The Bertz CT molecular complexity index is 379. The predicted octanol–water partition coefficient (Wildman–Crippen LogP) is 1.83. The Balaban J connectivity index is 2.58. The summed E-state index contributed by atoms with van der Waals surface area (Å²) >= 11 is 0. The van der Waals surface area contributed by atoms with E-state index in [2.05, 4.69) is 19.2 Å². The molecule has 0 saturated heterocycles. The Labute approximate surface area is 108 Å². The van der Waals surface area contributed by atoms with Crippen LogP contribution in [0.1, 0.15) is 30.6 Å². The van der Waals surface area contributed by atoms with Crippen molar-refractivity contribution in [2.45, 2.75) is 20.3 Å². The van der Waals surface area contributed by atoms with Gasteiger partial charge in [0, 0.05) is 12.1 Å². The van der Waals surface area contributed by atoms with E-state index in [4.69, 9.17) is 9.84 Å². The monoisotopic (exact) mass is 251 g/mol. The largest absolute Gasteiger partial charge is 0.493 e. The van der Waals surface area contributed by atoms with E-state index in [-0.39, 0.29) is 19.1 Å². The summed E-state index contributed by atoms with van der Waals surface area (Å²) in [6.07, 6.45) is 1.07. The molecule has 0 saturated carbocycles. The van der Waals surface area contributed by atoms with Gasteiger partial charge in [0.15, 0.2) is 0 Å². The number of hydrogen-bond donors (Lipinski definition) is 2. The Morgan fingerprint density at radius 2 is 2.28 bits per heavy atom. The minimum absolute atomic E-state index is 0.0596. The lowest BCUT2D eigenvalue weighted by molar-refractivity contribution is 0.0944. The molecule has 4 nitrogen and oxygen atoms in total. The molecule has 0 fully saturated rings. The van der Waals surface area contributed by atoms with E-state index in [9.17, 15) is 4.79 Å². The van der Waals surface area contributed by atoms with Crippen LogP contribution in [-0.4, -0.2) is 30.8 Å². The lowest BCUT2D eigenvalue weighted by Gasteiger charge is -2.11. The quantitative estimate of drug-likeness (QED) is 0.777. The van der Waals surface area contributed by atoms with Gasteiger partial charge in [0.05, 0.1) is 13.2 Å². The van der Waals surface area contributed by atoms with Gasteiger partial charge in [-0.2, -0.15) is 0 Å². The molecule has 1 amide bonds. The summed E-state index contributed by atoms with van der Waals surface area (Å²) in [6, 6.07) is 7.07. The standard InChI is InChI=1S/C14H21NO3/c1-3-11(2)10-18-13-6-4-5-12(9-13)14(17)15-7-8-16/h4-6,9,11,16H,3,7-8,10H2,1-2H3,(H,15,17). The second-order valence-electron chi connectivity index (χ2n) is 4.33. The smallest absolute Gasteiger partial charge is 0.251 e. The van der Waals surface area contributed by atoms with Crippen LogP contribution in [0, 0.1) is 5.92 Å². The van der Waals surface area contributed by atoms with Gasteiger partial charge in [-0.25, -0.2) is 0 Å². The number of carbonyl (C=O) groups excluding carboxylic acids is 1. The van der Waals surface area contributed by atoms with Crippen molar-refractivity contribution in [1.82, 2.24) is 5.32 Å². The van der Waals surface area contributed by atoms with Crippen molar-refractivity contribution in [1.29, 1.82) is 0 Å². The van der Waals surface area contributed by atoms with Gasteiger partial charge in [-0.05, 0) is 24.1 Å². The maximum Gasteiger partial charge on any atom is 0.251 e. The van der Waals surface area contributed by atoms with Crippen molar-refractivity contribution in [3.8, 4) is 5.75 Å². The molecule has 18 heavy (non-hydrogen) atoms. The van der Waals surface area contributed by atoms with Gasteiger partial charge in [-0.3, -0.25) is 4.79 Å². The zero-order valence-corrected chi connectivity index (χ0v) is 11.0. The molecule has 1 rings (SSSR count). The number of nitrogens with one attached hydrogen (secondary N) is 1. The number of ether oxygens (including phenoxy) is 1. The van der Waals surface area contributed by atoms with Crippen LogP contribution in [0.2, 0.25) is 0 Å². The maximum absolute atomic E-state index is 11.7. The van der Waals surface area contributed by atoms with E-state index in [0.717, 1.165) is 6.42 Å². The van der Waals surface area contributed by atoms with Crippen molar-refractivity contribution in [3.05, 3.63) is 29.8 Å². The third kappa shape index (κ3) is 4.75. The average molecular weight is 251 g/mol. The fraction of sp³-hybridized carbons (Fsp3) is 0.500. The molecule has 0 aromatic heterocycles. The Morgan fingerprint density at radius 1 is 1.50 bits per heavy atom. The van der Waals surface area contributed by atoms with Crippen LogP contribution in [0.15, 0.2) is 24.3 Å². The van der Waals surface area contributed by atoms with E-state index in [1.165, 1.54) is 0 Å². The number of benzene rings is 1. The van der Waals surface area contributed by atoms with Gasteiger partial charge < -0.3 is 15.2 Å². The average Bonchev–Trinajstić information content (AvgIpc) is 2.42. The summed E-state index contributed by atoms with van der Waals surface area (Å²) in [5.74, 6) is 1.00. The summed E-state index contributed by atoms with van der Waals surface area (Å²) < 4.78 is 5.62. The summed E-state index contributed by atoms with van der Waals surface area (Å²) in [7, 11) is 0. The molecule has 0 aliphatic rings. The first-order chi connectivity index (χ1) is 8.67. The molecule has 0 radical (unpaired) electrons. The Hall–Kier alpha value is -1.55. The number of aliphatic hydroxyl groups excluding tert-OH is 1. The summed E-state index contributed by atoms with van der Waals surface area (Å²) in [5.41, 5.74) is 0.546. The molecule has 1 aromatic rings. The lowest BCUT2D eigenvalue weighted by Crippen LogP contribution is -2.26. The second-order valence-corrected chi connectivity index (χ2v) is 4.33. The van der Waals surface area contributed by atoms with E-state index in [0.29, 0.717) is 23.8 Å². The molecule has 0 aliphatic heterocycles. The fourth-order valence-electron chi connectivity index (χ4n) is 1.35. The number of carbonyl (C=O) groups is 1. The Kier molecular flexibility index (Phi) is 6.22. The zero-order valence-electron chi connectivity index (χ0n) is 11.0. The van der Waals surface area contributed by atoms with Gasteiger partial charge >= 0.3 is 0 Å². The molecular weight excluding hydrogens is 230 g/mol. The molecule has 4 heteroatoms. The highest BCUT2D eigenvalue weighted by Crippen LogP contribution is 2.15. The van der Waals surface area contributed by atoms with Gasteiger partial charge in [0.1, 0.15) is 5.75 Å². The van der Waals surface area contributed by atoms with Crippen molar-refractivity contribution in [2.75, 3.05) is 19.8 Å². The van der Waals surface area contributed by atoms with Gasteiger partial charge in [0.25, 0.3) is 5.91 Å². The molecular formula is C14H21NO3.